The molecular formula is C8H14O3S. The monoisotopic (exact) mass is 190 g/mol. The summed E-state index contributed by atoms with van der Waals surface area (Å²) in [5.41, 5.74) is 0. The van der Waals surface area contributed by atoms with Crippen molar-refractivity contribution in [1.82, 2.24) is 0 Å². The first-order valence-corrected chi connectivity index (χ1v) is 4.43. The highest BCUT2D eigenvalue weighted by atomic mass is 32.1. The fourth-order valence-electron chi connectivity index (χ4n) is 0.771. The van der Waals surface area contributed by atoms with Crippen molar-refractivity contribution in [2.24, 2.45) is 0 Å². The van der Waals surface area contributed by atoms with E-state index in [9.17, 15) is 9.59 Å². The molecule has 0 aliphatic carbocycles. The molecule has 0 aliphatic heterocycles. The van der Waals surface area contributed by atoms with Gasteiger partial charge in [0.15, 0.2) is 5.12 Å². The van der Waals surface area contributed by atoms with Crippen molar-refractivity contribution in [1.29, 1.82) is 0 Å². The van der Waals surface area contributed by atoms with E-state index >= 15 is 0 Å². The molecule has 0 spiro atoms. The van der Waals surface area contributed by atoms with Gasteiger partial charge in [0, 0.05) is 13.3 Å². The molecule has 3 nitrogen and oxygen atoms in total. The normalized spacial score (nSPS) is 9.50. The molecule has 0 saturated carbocycles. The van der Waals surface area contributed by atoms with Crippen LogP contribution in [0.5, 0.6) is 0 Å². The molecule has 0 aromatic carbocycles. The highest BCUT2D eigenvalue weighted by Gasteiger charge is 1.95. The zero-order valence-corrected chi connectivity index (χ0v) is 8.10. The molecule has 0 amide bonds. The number of thiol groups is 1. The summed E-state index contributed by atoms with van der Waals surface area (Å²) in [7, 11) is 0. The molecule has 0 aliphatic rings. The van der Waals surface area contributed by atoms with E-state index in [1.165, 1.54) is 6.92 Å². The number of hydrogen-bond acceptors (Lipinski definition) is 3. The minimum absolute atomic E-state index is 0.0810. The van der Waals surface area contributed by atoms with Crippen LogP contribution >= 0.6 is 12.6 Å². The summed E-state index contributed by atoms with van der Waals surface area (Å²) < 4.78 is 4.71. The smallest absolute Gasteiger partial charge is 0.302 e. The molecular weight excluding hydrogens is 176 g/mol. The minimum atomic E-state index is -0.250. The third-order valence-electron chi connectivity index (χ3n) is 1.34. The average molecular weight is 190 g/mol. The van der Waals surface area contributed by atoms with Gasteiger partial charge in [-0.3, -0.25) is 9.59 Å². The zero-order valence-electron chi connectivity index (χ0n) is 7.21. The van der Waals surface area contributed by atoms with Gasteiger partial charge in [0.2, 0.25) is 0 Å². The Labute approximate surface area is 77.9 Å². The van der Waals surface area contributed by atoms with Crippen molar-refractivity contribution in [3.05, 3.63) is 0 Å². The Kier molecular flexibility index (Phi) is 6.85. The lowest BCUT2D eigenvalue weighted by Crippen LogP contribution is -2.00. The minimum Gasteiger partial charge on any atom is -0.466 e. The van der Waals surface area contributed by atoms with Crippen molar-refractivity contribution in [2.75, 3.05) is 6.61 Å². The number of carbonyl (C=O) groups is 2. The molecule has 4 heteroatoms. The SMILES string of the molecule is CC(=O)OCCCCCC(=O)S. The molecule has 0 N–H and O–H groups in total. The average Bonchev–Trinajstić information content (AvgIpc) is 1.95. The molecule has 0 bridgehead atoms. The third kappa shape index (κ3) is 9.49. The quantitative estimate of drug-likeness (QED) is 0.393. The number of carbonyl (C=O) groups excluding carboxylic acids is 2. The van der Waals surface area contributed by atoms with Crippen LogP contribution in [0.2, 0.25) is 0 Å². The van der Waals surface area contributed by atoms with Crippen LogP contribution < -0.4 is 0 Å². The van der Waals surface area contributed by atoms with E-state index in [-0.39, 0.29) is 11.1 Å². The molecule has 0 aromatic heterocycles. The van der Waals surface area contributed by atoms with Crippen molar-refractivity contribution < 1.29 is 14.3 Å². The number of esters is 1. The molecule has 0 radical (unpaired) electrons. The first kappa shape index (κ1) is 11.5. The predicted molar refractivity (Wildman–Crippen MR) is 49.1 cm³/mol. The van der Waals surface area contributed by atoms with E-state index < -0.39 is 0 Å². The van der Waals surface area contributed by atoms with E-state index in [0.29, 0.717) is 13.0 Å². The van der Waals surface area contributed by atoms with Gasteiger partial charge >= 0.3 is 5.97 Å². The van der Waals surface area contributed by atoms with Crippen LogP contribution in [0.3, 0.4) is 0 Å². The third-order valence-corrected chi connectivity index (χ3v) is 1.56. The maximum Gasteiger partial charge on any atom is 0.302 e. The summed E-state index contributed by atoms with van der Waals surface area (Å²) in [6.07, 6.45) is 3.05. The Balaban J connectivity index is 3.01. The van der Waals surface area contributed by atoms with E-state index in [2.05, 4.69) is 12.6 Å². The van der Waals surface area contributed by atoms with Crippen molar-refractivity contribution in [2.45, 2.75) is 32.6 Å². The van der Waals surface area contributed by atoms with Crippen molar-refractivity contribution in [3.63, 3.8) is 0 Å². The lowest BCUT2D eigenvalue weighted by Gasteiger charge is -2.00. The Morgan fingerprint density at radius 3 is 2.42 bits per heavy atom. The summed E-state index contributed by atoms with van der Waals surface area (Å²) in [6.45, 7) is 1.84. The summed E-state index contributed by atoms with van der Waals surface area (Å²) in [5, 5.41) is -0.0810. The molecule has 0 aromatic rings. The van der Waals surface area contributed by atoms with E-state index in [1.807, 2.05) is 0 Å². The van der Waals surface area contributed by atoms with Crippen LogP contribution in [-0.4, -0.2) is 17.7 Å². The summed E-state index contributed by atoms with van der Waals surface area (Å²) in [6, 6.07) is 0. The number of unbranched alkanes of at least 4 members (excludes halogenated alkanes) is 2. The lowest BCUT2D eigenvalue weighted by molar-refractivity contribution is -0.141. The Morgan fingerprint density at radius 1 is 1.25 bits per heavy atom. The van der Waals surface area contributed by atoms with Crippen LogP contribution in [0.15, 0.2) is 0 Å². The molecule has 0 unspecified atom stereocenters. The second-order valence-electron chi connectivity index (χ2n) is 2.54. The number of ether oxygens (including phenoxy) is 1. The van der Waals surface area contributed by atoms with Crippen LogP contribution in [0.4, 0.5) is 0 Å². The van der Waals surface area contributed by atoms with Gasteiger partial charge in [0.25, 0.3) is 0 Å². The van der Waals surface area contributed by atoms with Crippen LogP contribution in [0.25, 0.3) is 0 Å². The van der Waals surface area contributed by atoms with Gasteiger partial charge in [-0.05, 0) is 19.3 Å². The van der Waals surface area contributed by atoms with Gasteiger partial charge in [-0.2, -0.15) is 0 Å². The summed E-state index contributed by atoms with van der Waals surface area (Å²) >= 11 is 3.63. The molecule has 0 saturated heterocycles. The van der Waals surface area contributed by atoms with E-state index in [1.54, 1.807) is 0 Å². The second-order valence-corrected chi connectivity index (χ2v) is 3.04. The van der Waals surface area contributed by atoms with Gasteiger partial charge in [-0.1, -0.05) is 0 Å². The molecule has 0 heterocycles. The highest BCUT2D eigenvalue weighted by molar-refractivity contribution is 7.96. The van der Waals surface area contributed by atoms with Gasteiger partial charge in [-0.15, -0.1) is 12.6 Å². The van der Waals surface area contributed by atoms with Gasteiger partial charge in [-0.25, -0.2) is 0 Å². The molecule has 0 fully saturated rings. The van der Waals surface area contributed by atoms with Crippen LogP contribution in [0, 0.1) is 0 Å². The molecule has 0 rings (SSSR count). The maximum absolute atomic E-state index is 10.4. The molecule has 0 atom stereocenters. The first-order valence-electron chi connectivity index (χ1n) is 3.98. The fourth-order valence-corrected chi connectivity index (χ4v) is 0.929. The Hall–Kier alpha value is -0.510. The van der Waals surface area contributed by atoms with E-state index in [0.717, 1.165) is 19.3 Å². The largest absolute Gasteiger partial charge is 0.466 e. The second kappa shape index (κ2) is 7.16. The van der Waals surface area contributed by atoms with Gasteiger partial charge in [0.05, 0.1) is 6.61 Å². The Morgan fingerprint density at radius 2 is 1.92 bits per heavy atom. The van der Waals surface area contributed by atoms with Gasteiger partial charge in [0.1, 0.15) is 0 Å². The highest BCUT2D eigenvalue weighted by Crippen LogP contribution is 2.02. The summed E-state index contributed by atoms with van der Waals surface area (Å²) in [4.78, 5) is 20.7. The topological polar surface area (TPSA) is 43.4 Å². The molecule has 12 heavy (non-hydrogen) atoms. The van der Waals surface area contributed by atoms with Crippen molar-refractivity contribution >= 4 is 23.7 Å². The van der Waals surface area contributed by atoms with Crippen molar-refractivity contribution in [3.8, 4) is 0 Å². The lowest BCUT2D eigenvalue weighted by atomic mass is 10.2. The van der Waals surface area contributed by atoms with Crippen LogP contribution in [0.1, 0.15) is 32.6 Å². The van der Waals surface area contributed by atoms with Gasteiger partial charge < -0.3 is 4.74 Å². The Bertz CT molecular complexity index is 138. The number of hydrogen-bond donors (Lipinski definition) is 1. The first-order chi connectivity index (χ1) is 5.63. The molecule has 70 valence electrons. The maximum atomic E-state index is 10.4. The number of rotatable bonds is 6. The standard InChI is InChI=1S/C8H14O3S/c1-7(9)11-6-4-2-3-5-8(10)12/h2-6H2,1H3,(H,10,12). The summed E-state index contributed by atoms with van der Waals surface area (Å²) in [5.74, 6) is -0.250. The fraction of sp³-hybridized carbons (Fsp3) is 0.750. The zero-order chi connectivity index (χ0) is 9.40. The van der Waals surface area contributed by atoms with E-state index in [4.69, 9.17) is 4.74 Å². The van der Waals surface area contributed by atoms with Crippen LogP contribution in [-0.2, 0) is 14.3 Å². The predicted octanol–water partition coefficient (Wildman–Crippen LogP) is 1.57.